The molecule has 3 aromatic rings. The third kappa shape index (κ3) is 4.75. The second-order valence-electron chi connectivity index (χ2n) is 5.82. The Kier molecular flexibility index (Phi) is 6.18. The quantitative estimate of drug-likeness (QED) is 0.578. The van der Waals surface area contributed by atoms with E-state index in [9.17, 15) is 18.0 Å². The summed E-state index contributed by atoms with van der Waals surface area (Å²) in [6, 6.07) is 6.93. The summed E-state index contributed by atoms with van der Waals surface area (Å²) in [6.07, 6.45) is 3.84. The average molecular weight is 423 g/mol. The van der Waals surface area contributed by atoms with Gasteiger partial charge in [0.15, 0.2) is 0 Å². The van der Waals surface area contributed by atoms with Gasteiger partial charge in [0, 0.05) is 24.4 Å². The number of carbonyl (C=O) groups is 1. The minimum absolute atomic E-state index is 0.00107. The number of hydrogen-bond donors (Lipinski definition) is 2. The number of nitrogens with one attached hydrogen (secondary N) is 1. The fourth-order valence-corrected chi connectivity index (χ4v) is 2.91. The highest BCUT2D eigenvalue weighted by Gasteiger charge is 2.21. The molecule has 10 heteroatoms. The molecule has 0 fully saturated rings. The molecule has 1 amide bonds. The van der Waals surface area contributed by atoms with Gasteiger partial charge in [0.05, 0.1) is 22.6 Å². The Morgan fingerprint density at radius 3 is 2.72 bits per heavy atom. The van der Waals surface area contributed by atoms with Crippen LogP contribution in [0.4, 0.5) is 24.5 Å². The normalized spacial score (nSPS) is 10.8. The molecule has 0 aliphatic rings. The average Bonchev–Trinajstić information content (AvgIpc) is 2.70. The van der Waals surface area contributed by atoms with E-state index < -0.39 is 18.3 Å². The molecule has 1 heterocycles. The largest absolute Gasteiger partial charge is 0.435 e. The summed E-state index contributed by atoms with van der Waals surface area (Å²) < 4.78 is 44.1. The van der Waals surface area contributed by atoms with Crippen molar-refractivity contribution in [2.24, 2.45) is 0 Å². The fourth-order valence-electron chi connectivity index (χ4n) is 2.65. The maximum atomic E-state index is 14.2. The molecule has 0 spiro atoms. The molecular formula is C19H14ClF3N4O2. The highest BCUT2D eigenvalue weighted by atomic mass is 35.5. The number of benzene rings is 2. The van der Waals surface area contributed by atoms with Crippen LogP contribution in [0.25, 0.3) is 0 Å². The van der Waals surface area contributed by atoms with E-state index in [2.05, 4.69) is 20.0 Å². The van der Waals surface area contributed by atoms with Crippen molar-refractivity contribution in [3.63, 3.8) is 0 Å². The topological polar surface area (TPSA) is 90.1 Å². The molecule has 0 aliphatic carbocycles. The van der Waals surface area contributed by atoms with E-state index in [4.69, 9.17) is 17.3 Å². The van der Waals surface area contributed by atoms with E-state index in [1.165, 1.54) is 36.8 Å². The lowest BCUT2D eigenvalue weighted by atomic mass is 10.00. The Bertz CT molecular complexity index is 1040. The standard InChI is InChI=1S/C19H14ClF3N4O2/c20-12-8-13(21)16(24)11(7-10-3-1-2-4-15(10)29-19(22)23)17(12)27-18(28)14-9-25-5-6-26-14/h1-6,8-9,19H,7,24H2,(H,27,28). The Labute approximate surface area is 168 Å². The number of hydrogen-bond acceptors (Lipinski definition) is 5. The number of nitrogens with two attached hydrogens (primary N) is 1. The van der Waals surface area contributed by atoms with E-state index in [1.807, 2.05) is 0 Å². The highest BCUT2D eigenvalue weighted by Crippen LogP contribution is 2.36. The summed E-state index contributed by atoms with van der Waals surface area (Å²) in [4.78, 5) is 20.1. The van der Waals surface area contributed by atoms with Crippen molar-refractivity contribution in [1.82, 2.24) is 9.97 Å². The van der Waals surface area contributed by atoms with E-state index >= 15 is 0 Å². The second kappa shape index (κ2) is 8.78. The number of halogens is 4. The molecule has 0 aliphatic heterocycles. The first kappa shape index (κ1) is 20.4. The monoisotopic (exact) mass is 422 g/mol. The van der Waals surface area contributed by atoms with E-state index in [1.54, 1.807) is 6.07 Å². The number of alkyl halides is 2. The van der Waals surface area contributed by atoms with Gasteiger partial charge in [0.25, 0.3) is 5.91 Å². The third-order valence-electron chi connectivity index (χ3n) is 3.97. The molecule has 29 heavy (non-hydrogen) atoms. The maximum absolute atomic E-state index is 14.2. The number of amides is 1. The Morgan fingerprint density at radius 1 is 1.28 bits per heavy atom. The molecule has 0 unspecified atom stereocenters. The molecule has 6 nitrogen and oxygen atoms in total. The minimum Gasteiger partial charge on any atom is -0.435 e. The Morgan fingerprint density at radius 2 is 2.03 bits per heavy atom. The molecule has 1 aromatic heterocycles. The van der Waals surface area contributed by atoms with Crippen LogP contribution in [-0.4, -0.2) is 22.5 Å². The van der Waals surface area contributed by atoms with Crippen molar-refractivity contribution in [1.29, 1.82) is 0 Å². The highest BCUT2D eigenvalue weighted by molar-refractivity contribution is 6.34. The SMILES string of the molecule is Nc1c(F)cc(Cl)c(NC(=O)c2cnccn2)c1Cc1ccccc1OC(F)F. The molecule has 0 bridgehead atoms. The van der Waals surface area contributed by atoms with Gasteiger partial charge in [0.1, 0.15) is 17.3 Å². The first-order valence-electron chi connectivity index (χ1n) is 8.23. The number of carbonyl (C=O) groups excluding carboxylic acids is 1. The molecule has 2 aromatic carbocycles. The minimum atomic E-state index is -3.04. The predicted octanol–water partition coefficient (Wildman–Crippen LogP) is 4.30. The molecule has 3 rings (SSSR count). The van der Waals surface area contributed by atoms with Gasteiger partial charge in [-0.2, -0.15) is 8.78 Å². The van der Waals surface area contributed by atoms with Gasteiger partial charge in [-0.15, -0.1) is 0 Å². The summed E-state index contributed by atoms with van der Waals surface area (Å²) in [5, 5.41) is 2.42. The van der Waals surface area contributed by atoms with Gasteiger partial charge in [-0.3, -0.25) is 9.78 Å². The van der Waals surface area contributed by atoms with Crippen molar-refractivity contribution in [3.05, 3.63) is 76.6 Å². The van der Waals surface area contributed by atoms with Gasteiger partial charge in [-0.25, -0.2) is 9.37 Å². The van der Waals surface area contributed by atoms with Crippen molar-refractivity contribution >= 4 is 28.9 Å². The molecule has 3 N–H and O–H groups in total. The number of anilines is 2. The summed E-state index contributed by atoms with van der Waals surface area (Å²) >= 11 is 6.13. The van der Waals surface area contributed by atoms with Gasteiger partial charge >= 0.3 is 6.61 Å². The first-order chi connectivity index (χ1) is 13.9. The lowest BCUT2D eigenvalue weighted by Crippen LogP contribution is -2.17. The van der Waals surface area contributed by atoms with Crippen molar-refractivity contribution in [3.8, 4) is 5.75 Å². The van der Waals surface area contributed by atoms with Crippen LogP contribution < -0.4 is 15.8 Å². The molecule has 0 atom stereocenters. The molecule has 0 saturated heterocycles. The number of ether oxygens (including phenoxy) is 1. The smallest absolute Gasteiger partial charge is 0.387 e. The summed E-state index contributed by atoms with van der Waals surface area (Å²) in [5.74, 6) is -1.56. The van der Waals surface area contributed by atoms with Crippen LogP contribution in [0.2, 0.25) is 5.02 Å². The van der Waals surface area contributed by atoms with Crippen LogP contribution in [0, 0.1) is 5.82 Å². The van der Waals surface area contributed by atoms with E-state index in [0.29, 0.717) is 5.56 Å². The number of aromatic nitrogens is 2. The van der Waals surface area contributed by atoms with Crippen LogP contribution in [-0.2, 0) is 6.42 Å². The second-order valence-corrected chi connectivity index (χ2v) is 6.22. The van der Waals surface area contributed by atoms with E-state index in [0.717, 1.165) is 6.07 Å². The number of nitrogens with zero attached hydrogens (tertiary/aromatic N) is 2. The predicted molar refractivity (Wildman–Crippen MR) is 102 cm³/mol. The van der Waals surface area contributed by atoms with Crippen molar-refractivity contribution in [2.45, 2.75) is 13.0 Å². The Balaban J connectivity index is 2.02. The molecular weight excluding hydrogens is 409 g/mol. The van der Waals surface area contributed by atoms with Gasteiger partial charge in [-0.1, -0.05) is 29.8 Å². The summed E-state index contributed by atoms with van der Waals surface area (Å²) in [5.41, 5.74) is 6.03. The third-order valence-corrected chi connectivity index (χ3v) is 4.26. The van der Waals surface area contributed by atoms with E-state index in [-0.39, 0.29) is 39.8 Å². The van der Waals surface area contributed by atoms with Gasteiger partial charge in [0.2, 0.25) is 0 Å². The summed E-state index contributed by atoms with van der Waals surface area (Å²) in [6.45, 7) is -3.04. The van der Waals surface area contributed by atoms with Crippen LogP contribution in [0.1, 0.15) is 21.6 Å². The number of nitrogen functional groups attached to an aromatic ring is 1. The molecule has 0 radical (unpaired) electrons. The number of rotatable bonds is 6. The first-order valence-corrected chi connectivity index (χ1v) is 8.61. The van der Waals surface area contributed by atoms with Gasteiger partial charge < -0.3 is 15.8 Å². The lowest BCUT2D eigenvalue weighted by Gasteiger charge is -2.17. The van der Waals surface area contributed by atoms with Crippen molar-refractivity contribution < 1.29 is 22.7 Å². The lowest BCUT2D eigenvalue weighted by molar-refractivity contribution is -0.0503. The van der Waals surface area contributed by atoms with Crippen LogP contribution in [0.15, 0.2) is 48.9 Å². The zero-order valence-electron chi connectivity index (χ0n) is 14.7. The number of para-hydroxylation sites is 1. The molecule has 0 saturated carbocycles. The van der Waals surface area contributed by atoms with Crippen LogP contribution in [0.3, 0.4) is 0 Å². The van der Waals surface area contributed by atoms with Crippen LogP contribution >= 0.6 is 11.6 Å². The zero-order valence-corrected chi connectivity index (χ0v) is 15.5. The van der Waals surface area contributed by atoms with Gasteiger partial charge in [-0.05, 0) is 17.7 Å². The Hall–Kier alpha value is -3.33. The van der Waals surface area contributed by atoms with Crippen LogP contribution in [0.5, 0.6) is 5.75 Å². The molecule has 150 valence electrons. The summed E-state index contributed by atoms with van der Waals surface area (Å²) in [7, 11) is 0. The maximum Gasteiger partial charge on any atom is 0.387 e. The van der Waals surface area contributed by atoms with Crippen molar-refractivity contribution in [2.75, 3.05) is 11.1 Å². The zero-order chi connectivity index (χ0) is 21.0. The fraction of sp³-hybridized carbons (Fsp3) is 0.105.